The molecule has 2 aromatic rings. The van der Waals surface area contributed by atoms with Crippen LogP contribution in [0.2, 0.25) is 5.02 Å². The molecule has 0 aliphatic heterocycles. The zero-order chi connectivity index (χ0) is 20.0. The predicted molar refractivity (Wildman–Crippen MR) is 104 cm³/mol. The van der Waals surface area contributed by atoms with Gasteiger partial charge in [0.1, 0.15) is 0 Å². The van der Waals surface area contributed by atoms with Gasteiger partial charge in [-0.3, -0.25) is 9.59 Å². The number of sulfonamides is 1. The van der Waals surface area contributed by atoms with E-state index in [-0.39, 0.29) is 29.5 Å². The molecule has 2 rings (SSSR count). The second-order valence-corrected chi connectivity index (χ2v) is 8.03. The maximum Gasteiger partial charge on any atom is 0.251 e. The minimum atomic E-state index is -3.64. The lowest BCUT2D eigenvalue weighted by molar-refractivity contribution is 0.0927. The number of benzene rings is 2. The second kappa shape index (κ2) is 8.98. The highest BCUT2D eigenvalue weighted by molar-refractivity contribution is 7.89. The number of carbonyl (C=O) groups is 2. The molecule has 3 N–H and O–H groups in total. The van der Waals surface area contributed by atoms with Crippen molar-refractivity contribution in [1.29, 1.82) is 0 Å². The minimum Gasteiger partial charge on any atom is -0.350 e. The molecule has 0 saturated carbocycles. The number of hydrogen-bond donors (Lipinski definition) is 3. The van der Waals surface area contributed by atoms with Gasteiger partial charge in [0, 0.05) is 29.2 Å². The third-order valence-electron chi connectivity index (χ3n) is 3.84. The summed E-state index contributed by atoms with van der Waals surface area (Å²) in [5.41, 5.74) is 1.37. The van der Waals surface area contributed by atoms with Crippen LogP contribution in [0.3, 0.4) is 0 Å². The van der Waals surface area contributed by atoms with Gasteiger partial charge in [-0.05, 0) is 55.9 Å². The van der Waals surface area contributed by atoms with Crippen molar-refractivity contribution in [2.45, 2.75) is 11.8 Å². The molecule has 0 saturated heterocycles. The molecule has 0 heterocycles. The van der Waals surface area contributed by atoms with Crippen LogP contribution in [0.4, 0.5) is 0 Å². The van der Waals surface area contributed by atoms with E-state index >= 15 is 0 Å². The molecule has 2 aromatic carbocycles. The van der Waals surface area contributed by atoms with Crippen LogP contribution in [0.25, 0.3) is 0 Å². The standard InChI is InChI=1S/C18H20ClN3O4S/c1-12-3-8-15(27(25,26)20-2)11-16(12)18(24)22-10-9-21-17(23)13-4-6-14(19)7-5-13/h3-8,11,20H,9-10H2,1-2H3,(H,21,23)(H,22,24). The summed E-state index contributed by atoms with van der Waals surface area (Å²) >= 11 is 5.78. The summed E-state index contributed by atoms with van der Waals surface area (Å²) in [6.45, 7) is 2.13. The molecule has 27 heavy (non-hydrogen) atoms. The van der Waals surface area contributed by atoms with Crippen LogP contribution in [0.5, 0.6) is 0 Å². The summed E-state index contributed by atoms with van der Waals surface area (Å²) in [6.07, 6.45) is 0. The molecule has 9 heteroatoms. The van der Waals surface area contributed by atoms with Gasteiger partial charge >= 0.3 is 0 Å². The number of amides is 2. The summed E-state index contributed by atoms with van der Waals surface area (Å²) in [6, 6.07) is 10.8. The van der Waals surface area contributed by atoms with Crippen LogP contribution < -0.4 is 15.4 Å². The van der Waals surface area contributed by atoms with E-state index in [4.69, 9.17) is 11.6 Å². The first-order valence-corrected chi connectivity index (χ1v) is 9.97. The number of halogens is 1. The molecule has 0 atom stereocenters. The first-order valence-electron chi connectivity index (χ1n) is 8.11. The van der Waals surface area contributed by atoms with E-state index in [0.717, 1.165) is 0 Å². The Morgan fingerprint density at radius 2 is 1.56 bits per heavy atom. The highest BCUT2D eigenvalue weighted by Gasteiger charge is 2.16. The lowest BCUT2D eigenvalue weighted by atomic mass is 10.1. The van der Waals surface area contributed by atoms with Crippen LogP contribution in [0, 0.1) is 6.92 Å². The largest absolute Gasteiger partial charge is 0.350 e. The minimum absolute atomic E-state index is 0.0109. The number of nitrogens with one attached hydrogen (secondary N) is 3. The summed E-state index contributed by atoms with van der Waals surface area (Å²) in [7, 11) is -2.33. The lowest BCUT2D eigenvalue weighted by Crippen LogP contribution is -2.35. The van der Waals surface area contributed by atoms with Crippen LogP contribution in [-0.2, 0) is 10.0 Å². The molecule has 0 spiro atoms. The fourth-order valence-corrected chi connectivity index (χ4v) is 3.16. The van der Waals surface area contributed by atoms with E-state index in [2.05, 4.69) is 15.4 Å². The average Bonchev–Trinajstić information content (AvgIpc) is 2.65. The summed E-state index contributed by atoms with van der Waals surface area (Å²) in [5, 5.41) is 5.88. The first kappa shape index (κ1) is 20.9. The molecule has 0 aromatic heterocycles. The number of aryl methyl sites for hydroxylation is 1. The highest BCUT2D eigenvalue weighted by Crippen LogP contribution is 2.15. The molecular weight excluding hydrogens is 390 g/mol. The molecule has 2 amide bonds. The van der Waals surface area contributed by atoms with Crippen LogP contribution in [0.15, 0.2) is 47.4 Å². The van der Waals surface area contributed by atoms with E-state index < -0.39 is 15.9 Å². The van der Waals surface area contributed by atoms with Gasteiger partial charge in [-0.2, -0.15) is 0 Å². The van der Waals surface area contributed by atoms with Crippen molar-refractivity contribution >= 4 is 33.4 Å². The van der Waals surface area contributed by atoms with Crippen molar-refractivity contribution < 1.29 is 18.0 Å². The van der Waals surface area contributed by atoms with Crippen molar-refractivity contribution in [3.05, 3.63) is 64.2 Å². The van der Waals surface area contributed by atoms with Gasteiger partial charge in [-0.25, -0.2) is 13.1 Å². The van der Waals surface area contributed by atoms with E-state index in [1.54, 1.807) is 37.3 Å². The highest BCUT2D eigenvalue weighted by atomic mass is 35.5. The Morgan fingerprint density at radius 3 is 2.15 bits per heavy atom. The zero-order valence-corrected chi connectivity index (χ0v) is 16.4. The van der Waals surface area contributed by atoms with Crippen molar-refractivity contribution in [3.8, 4) is 0 Å². The van der Waals surface area contributed by atoms with Gasteiger partial charge in [-0.1, -0.05) is 17.7 Å². The smallest absolute Gasteiger partial charge is 0.251 e. The van der Waals surface area contributed by atoms with Crippen molar-refractivity contribution in [3.63, 3.8) is 0 Å². The van der Waals surface area contributed by atoms with Crippen LogP contribution in [-0.4, -0.2) is 40.4 Å². The molecule has 7 nitrogen and oxygen atoms in total. The Hall–Kier alpha value is -2.42. The van der Waals surface area contributed by atoms with Crippen LogP contribution in [0.1, 0.15) is 26.3 Å². The Balaban J connectivity index is 1.93. The van der Waals surface area contributed by atoms with Gasteiger partial charge in [0.25, 0.3) is 11.8 Å². The summed E-state index contributed by atoms with van der Waals surface area (Å²) in [4.78, 5) is 24.3. The Morgan fingerprint density at radius 1 is 0.963 bits per heavy atom. The van der Waals surface area contributed by atoms with Gasteiger partial charge < -0.3 is 10.6 Å². The maximum absolute atomic E-state index is 12.3. The summed E-state index contributed by atoms with van der Waals surface area (Å²) < 4.78 is 26.0. The topological polar surface area (TPSA) is 104 Å². The lowest BCUT2D eigenvalue weighted by Gasteiger charge is -2.11. The van der Waals surface area contributed by atoms with E-state index in [1.165, 1.54) is 19.2 Å². The van der Waals surface area contributed by atoms with Crippen molar-refractivity contribution in [2.24, 2.45) is 0 Å². The fourth-order valence-electron chi connectivity index (χ4n) is 2.28. The maximum atomic E-state index is 12.3. The molecule has 0 bridgehead atoms. The number of rotatable bonds is 7. The number of carbonyl (C=O) groups excluding carboxylic acids is 2. The van der Waals surface area contributed by atoms with Gasteiger partial charge in [0.15, 0.2) is 0 Å². The fraction of sp³-hybridized carbons (Fsp3) is 0.222. The quantitative estimate of drug-likeness (QED) is 0.605. The van der Waals surface area contributed by atoms with Gasteiger partial charge in [0.2, 0.25) is 10.0 Å². The predicted octanol–water partition coefficient (Wildman–Crippen LogP) is 1.72. The Kier molecular flexibility index (Phi) is 6.95. The third kappa shape index (κ3) is 5.53. The van der Waals surface area contributed by atoms with Gasteiger partial charge in [-0.15, -0.1) is 0 Å². The van der Waals surface area contributed by atoms with Crippen LogP contribution >= 0.6 is 11.6 Å². The SMILES string of the molecule is CNS(=O)(=O)c1ccc(C)c(C(=O)NCCNC(=O)c2ccc(Cl)cc2)c1. The molecular formula is C18H20ClN3O4S. The second-order valence-electron chi connectivity index (χ2n) is 5.70. The number of hydrogen-bond acceptors (Lipinski definition) is 4. The summed E-state index contributed by atoms with van der Waals surface area (Å²) in [5.74, 6) is -0.694. The van der Waals surface area contributed by atoms with E-state index in [1.807, 2.05) is 0 Å². The normalized spacial score (nSPS) is 11.1. The molecule has 0 aliphatic rings. The molecule has 0 aliphatic carbocycles. The van der Waals surface area contributed by atoms with Crippen molar-refractivity contribution in [2.75, 3.05) is 20.1 Å². The zero-order valence-electron chi connectivity index (χ0n) is 14.9. The molecule has 0 radical (unpaired) electrons. The molecule has 144 valence electrons. The molecule has 0 unspecified atom stereocenters. The van der Waals surface area contributed by atoms with Crippen molar-refractivity contribution in [1.82, 2.24) is 15.4 Å². The monoisotopic (exact) mass is 409 g/mol. The van der Waals surface area contributed by atoms with Gasteiger partial charge in [0.05, 0.1) is 4.90 Å². The average molecular weight is 410 g/mol. The molecule has 0 fully saturated rings. The Labute approximate surface area is 163 Å². The van der Waals surface area contributed by atoms with E-state index in [9.17, 15) is 18.0 Å². The van der Waals surface area contributed by atoms with E-state index in [0.29, 0.717) is 16.1 Å². The Bertz CT molecular complexity index is 944. The third-order valence-corrected chi connectivity index (χ3v) is 5.50. The first-order chi connectivity index (χ1) is 12.7.